The van der Waals surface area contributed by atoms with Crippen LogP contribution in [0.15, 0.2) is 64.9 Å². The number of aromatic nitrogens is 6. The first-order chi connectivity index (χ1) is 34.1. The molecule has 380 valence electrons. The molecule has 0 unspecified atom stereocenters. The molecule has 0 atom stereocenters. The Morgan fingerprint density at radius 3 is 1.44 bits per heavy atom. The highest BCUT2D eigenvalue weighted by Gasteiger charge is 2.17. The van der Waals surface area contributed by atoms with Crippen molar-refractivity contribution in [1.29, 1.82) is 0 Å². The number of hydrogen-bond donors (Lipinski definition) is 4. The van der Waals surface area contributed by atoms with Crippen LogP contribution >= 0.6 is 46.2 Å². The number of rotatable bonds is 31. The maximum Gasteiger partial charge on any atom is 0.191 e. The summed E-state index contributed by atoms with van der Waals surface area (Å²) in [5, 5.41) is 2.91. The van der Waals surface area contributed by atoms with Crippen LogP contribution in [0.25, 0.3) is 21.1 Å². The van der Waals surface area contributed by atoms with Crippen molar-refractivity contribution >= 4 is 69.5 Å². The van der Waals surface area contributed by atoms with Crippen LogP contribution in [-0.4, -0.2) is 116 Å². The first-order valence-corrected chi connectivity index (χ1v) is 26.2. The zero-order valence-corrected chi connectivity index (χ0v) is 42.9. The minimum absolute atomic E-state index is 0.0876. The molecular weight excluding hydrogens is 983 g/mol. The summed E-state index contributed by atoms with van der Waals surface area (Å²) in [7, 11) is 1.60. The Balaban J connectivity index is 0.000000261. The molecule has 17 nitrogen and oxygen atoms in total. The van der Waals surface area contributed by atoms with E-state index in [0.29, 0.717) is 109 Å². The van der Waals surface area contributed by atoms with Gasteiger partial charge in [-0.1, -0.05) is 62.3 Å². The Morgan fingerprint density at radius 2 is 0.971 bits per heavy atom. The number of nitrogens with zero attached hydrogens (tertiary/aromatic N) is 6. The summed E-state index contributed by atoms with van der Waals surface area (Å²) < 4.78 is 62.1. The predicted octanol–water partition coefficient (Wildman–Crippen LogP) is 8.79. The molecule has 4 heterocycles. The van der Waals surface area contributed by atoms with E-state index in [1.807, 2.05) is 42.5 Å². The van der Waals surface area contributed by atoms with Crippen molar-refractivity contribution in [1.82, 2.24) is 29.9 Å². The third-order valence-corrected chi connectivity index (χ3v) is 13.5. The molecule has 0 aliphatic rings. The third-order valence-electron chi connectivity index (χ3n) is 9.34. The van der Waals surface area contributed by atoms with Gasteiger partial charge in [-0.25, -0.2) is 38.7 Å². The van der Waals surface area contributed by atoms with Crippen molar-refractivity contribution in [2.75, 3.05) is 109 Å². The van der Waals surface area contributed by atoms with Crippen LogP contribution in [0.1, 0.15) is 47.8 Å². The molecule has 0 amide bonds. The smallest absolute Gasteiger partial charge is 0.191 e. The van der Waals surface area contributed by atoms with Crippen LogP contribution in [0, 0.1) is 0 Å². The topological polar surface area (TPSA) is 246 Å². The normalized spacial score (nSPS) is 11.1. The number of thioether (sulfide) groups is 2. The molecule has 0 saturated heterocycles. The van der Waals surface area contributed by atoms with E-state index in [4.69, 9.17) is 66.1 Å². The number of ether oxygens (including phenoxy) is 7. The standard InChI is InChI=1S/C24H32FN5O4S2.C23H30FN5O3S2/c1-3-4-20-17(15-35-24-29-21(26)14-22(27)30-24)28-23(36-20)16-5-6-18(31-2)19(13-16)34-12-11-33-10-9-32-8-7-25;1-2-4-19-18(15-33-23-28-20(25)14-21(26)29-23)27-22(34-19)16-5-3-6-17(13-16)32-12-11-31-10-9-30-8-7-24/h5-6,13-14H,3-4,7-12,15H2,1-2H3,(H4,26,27,29,30);3,5-6,13-14H,2,4,7-12,15H2,1H3,(H4,25,26,28,29). The minimum atomic E-state index is -0.496. The van der Waals surface area contributed by atoms with Crippen LogP contribution < -0.4 is 37.1 Å². The molecular formula is C47H62F2N10O7S4. The molecule has 8 N–H and O–H groups in total. The van der Waals surface area contributed by atoms with Crippen molar-refractivity contribution < 1.29 is 41.9 Å². The van der Waals surface area contributed by atoms with Gasteiger partial charge in [0.2, 0.25) is 0 Å². The van der Waals surface area contributed by atoms with Crippen LogP contribution in [0.4, 0.5) is 32.1 Å². The number of aryl methyl sites for hydroxylation is 2. The average Bonchev–Trinajstić information content (AvgIpc) is 3.95. The average molecular weight is 1050 g/mol. The molecule has 0 radical (unpaired) electrons. The summed E-state index contributed by atoms with van der Waals surface area (Å²) in [6, 6.07) is 16.7. The van der Waals surface area contributed by atoms with E-state index >= 15 is 0 Å². The molecule has 0 saturated carbocycles. The van der Waals surface area contributed by atoms with Crippen LogP contribution in [0.3, 0.4) is 0 Å². The first-order valence-electron chi connectivity index (χ1n) is 22.6. The lowest BCUT2D eigenvalue weighted by molar-refractivity contribution is 0.0322. The Kier molecular flexibility index (Phi) is 24.9. The number of methoxy groups -OCH3 is 1. The van der Waals surface area contributed by atoms with E-state index in [0.717, 1.165) is 64.0 Å². The third kappa shape index (κ3) is 19.2. The van der Waals surface area contributed by atoms with Gasteiger partial charge in [0.05, 0.1) is 71.4 Å². The van der Waals surface area contributed by atoms with Crippen molar-refractivity contribution in [2.45, 2.75) is 61.3 Å². The van der Waals surface area contributed by atoms with Gasteiger partial charge in [-0.3, -0.25) is 0 Å². The molecule has 4 aromatic heterocycles. The summed E-state index contributed by atoms with van der Waals surface area (Å²) in [6.07, 6.45) is 3.93. The quantitative estimate of drug-likeness (QED) is 0.0180. The lowest BCUT2D eigenvalue weighted by Gasteiger charge is -2.12. The Bertz CT molecular complexity index is 2430. The van der Waals surface area contributed by atoms with Crippen LogP contribution in [0.5, 0.6) is 17.2 Å². The highest BCUT2D eigenvalue weighted by atomic mass is 32.2. The highest BCUT2D eigenvalue weighted by molar-refractivity contribution is 7.98. The van der Waals surface area contributed by atoms with E-state index < -0.39 is 13.3 Å². The summed E-state index contributed by atoms with van der Waals surface area (Å²) in [5.41, 5.74) is 27.1. The number of nitrogens with two attached hydrogens (primary N) is 4. The molecule has 2 aromatic carbocycles. The molecule has 70 heavy (non-hydrogen) atoms. The second-order valence-electron chi connectivity index (χ2n) is 14.8. The van der Waals surface area contributed by atoms with Gasteiger partial charge >= 0.3 is 0 Å². The number of nitrogen functional groups attached to an aromatic ring is 4. The van der Waals surface area contributed by atoms with E-state index in [2.05, 4.69) is 33.8 Å². The summed E-state index contributed by atoms with van der Waals surface area (Å²) in [5.74, 6) is 4.64. The lowest BCUT2D eigenvalue weighted by atomic mass is 10.2. The summed E-state index contributed by atoms with van der Waals surface area (Å²) in [6.45, 7) is 6.60. The van der Waals surface area contributed by atoms with E-state index in [-0.39, 0.29) is 13.2 Å². The molecule has 0 fully saturated rings. The van der Waals surface area contributed by atoms with Gasteiger partial charge in [0.15, 0.2) is 21.8 Å². The molecule has 0 aliphatic heterocycles. The van der Waals surface area contributed by atoms with Crippen molar-refractivity contribution in [3.05, 3.63) is 75.7 Å². The number of benzene rings is 2. The van der Waals surface area contributed by atoms with Gasteiger partial charge in [-0.05, 0) is 43.2 Å². The number of alkyl halides is 2. The largest absolute Gasteiger partial charge is 0.493 e. The van der Waals surface area contributed by atoms with Crippen LogP contribution in [-0.2, 0) is 43.3 Å². The van der Waals surface area contributed by atoms with Gasteiger partial charge in [0, 0.05) is 44.5 Å². The van der Waals surface area contributed by atoms with Crippen LogP contribution in [0.2, 0.25) is 0 Å². The highest BCUT2D eigenvalue weighted by Crippen LogP contribution is 2.38. The summed E-state index contributed by atoms with van der Waals surface area (Å²) >= 11 is 6.29. The molecule has 0 spiro atoms. The molecule has 6 aromatic rings. The zero-order chi connectivity index (χ0) is 49.9. The maximum atomic E-state index is 12.0. The van der Waals surface area contributed by atoms with Crippen molar-refractivity contribution in [3.8, 4) is 38.4 Å². The fourth-order valence-corrected chi connectivity index (χ4v) is 10.4. The minimum Gasteiger partial charge on any atom is -0.493 e. The number of thiazole rings is 2. The van der Waals surface area contributed by atoms with E-state index in [9.17, 15) is 8.78 Å². The summed E-state index contributed by atoms with van der Waals surface area (Å²) in [4.78, 5) is 29.3. The van der Waals surface area contributed by atoms with Gasteiger partial charge in [-0.15, -0.1) is 22.7 Å². The Hall–Kier alpha value is -5.14. The van der Waals surface area contributed by atoms with Crippen molar-refractivity contribution in [2.24, 2.45) is 0 Å². The van der Waals surface area contributed by atoms with Crippen molar-refractivity contribution in [3.63, 3.8) is 0 Å². The zero-order valence-electron chi connectivity index (χ0n) is 39.7. The SMILES string of the molecule is CCCc1sc(-c2ccc(OC)c(OCCOCCOCCF)c2)nc1CSc1nc(N)cc(N)n1.CCCc1sc(-c2cccc(OCCOCCOCCF)c2)nc1CSc1nc(N)cc(N)n1. The second-order valence-corrected chi connectivity index (χ2v) is 18.8. The van der Waals surface area contributed by atoms with Gasteiger partial charge < -0.3 is 56.1 Å². The predicted molar refractivity (Wildman–Crippen MR) is 277 cm³/mol. The van der Waals surface area contributed by atoms with E-state index in [1.165, 1.54) is 45.4 Å². The number of hydrogen-bond acceptors (Lipinski definition) is 21. The Labute approximate surface area is 424 Å². The number of anilines is 4. The molecule has 23 heteroatoms. The first kappa shape index (κ1) is 55.8. The fourth-order valence-electron chi connectivity index (χ4n) is 6.23. The van der Waals surface area contributed by atoms with Gasteiger partial charge in [-0.2, -0.15) is 0 Å². The lowest BCUT2D eigenvalue weighted by Crippen LogP contribution is -2.11. The Morgan fingerprint density at radius 1 is 0.514 bits per heavy atom. The molecule has 6 rings (SSSR count). The molecule has 0 bridgehead atoms. The maximum absolute atomic E-state index is 12.0. The van der Waals surface area contributed by atoms with Gasteiger partial charge in [0.25, 0.3) is 0 Å². The van der Waals surface area contributed by atoms with E-state index in [1.54, 1.807) is 29.8 Å². The van der Waals surface area contributed by atoms with Gasteiger partial charge in [0.1, 0.15) is 65.6 Å². The number of halogens is 2. The fraction of sp³-hybridized carbons (Fsp3) is 0.447. The molecule has 0 aliphatic carbocycles. The second kappa shape index (κ2) is 31.2. The monoisotopic (exact) mass is 1040 g/mol.